The van der Waals surface area contributed by atoms with Gasteiger partial charge in [0.05, 0.1) is 24.5 Å². The van der Waals surface area contributed by atoms with Crippen LogP contribution in [0.25, 0.3) is 5.65 Å². The van der Waals surface area contributed by atoms with Crippen LogP contribution in [-0.2, 0) is 16.8 Å². The summed E-state index contributed by atoms with van der Waals surface area (Å²) in [6, 6.07) is 14.2. The minimum atomic E-state index is -3.09. The summed E-state index contributed by atoms with van der Waals surface area (Å²) in [6.07, 6.45) is 6.29. The van der Waals surface area contributed by atoms with Crippen LogP contribution in [0, 0.1) is 0 Å². The highest BCUT2D eigenvalue weighted by molar-refractivity contribution is 6.31. The summed E-state index contributed by atoms with van der Waals surface area (Å²) >= 11 is 6.27. The Balaban J connectivity index is 1.13. The maximum atomic E-state index is 13.6. The third kappa shape index (κ3) is 8.05. The zero-order valence-electron chi connectivity index (χ0n) is 28.5. The van der Waals surface area contributed by atoms with E-state index in [0.717, 1.165) is 19.4 Å². The number of halogens is 3. The maximum Gasteiger partial charge on any atom is 0.387 e. The van der Waals surface area contributed by atoms with Crippen LogP contribution in [0.2, 0.25) is 5.02 Å². The largest absolute Gasteiger partial charge is 0.434 e. The highest BCUT2D eigenvalue weighted by atomic mass is 35.5. The number of hydrazone groups is 1. The van der Waals surface area contributed by atoms with Gasteiger partial charge in [0, 0.05) is 48.7 Å². The molecule has 1 fully saturated rings. The lowest BCUT2D eigenvalue weighted by Gasteiger charge is -2.37. The molecule has 2 amide bonds. The van der Waals surface area contributed by atoms with Gasteiger partial charge in [-0.3, -0.25) is 19.5 Å². The first-order valence-corrected chi connectivity index (χ1v) is 17.0. The maximum absolute atomic E-state index is 13.6. The summed E-state index contributed by atoms with van der Waals surface area (Å²) in [6.45, 7) is 5.62. The number of carbonyl (C=O) groups is 2. The number of likely N-dealkylation sites (tertiary alicyclic amines) is 1. The van der Waals surface area contributed by atoms with Gasteiger partial charge in [0.1, 0.15) is 17.9 Å². The molecule has 2 aliphatic rings. The van der Waals surface area contributed by atoms with Crippen molar-refractivity contribution in [3.63, 3.8) is 0 Å². The van der Waals surface area contributed by atoms with Gasteiger partial charge in [0.2, 0.25) is 5.91 Å². The Morgan fingerprint density at radius 2 is 1.86 bits per heavy atom. The van der Waals surface area contributed by atoms with Gasteiger partial charge in [-0.05, 0) is 60.7 Å². The standard InChI is InChI=1S/C36H41ClF2N8O3/c1-36(2,3)24-8-6-23(7-9-24)20-44(4)26-12-16-45(17-13-26)31(48)22-46-21-29(42-34(49)28-19-41-47-15-5-14-40-33(28)47)32(43-46)27-18-25(37)10-11-30(27)50-35(38)39/h5-11,14-15,18-19,26,29,35H,12-13,16-17,20-22H2,1-4H3,(H,42,49). The van der Waals surface area contributed by atoms with Crippen molar-refractivity contribution in [3.8, 4) is 5.75 Å². The highest BCUT2D eigenvalue weighted by Crippen LogP contribution is 2.29. The number of piperidine rings is 1. The zero-order chi connectivity index (χ0) is 35.6. The van der Waals surface area contributed by atoms with Crippen LogP contribution < -0.4 is 10.1 Å². The van der Waals surface area contributed by atoms with Crippen molar-refractivity contribution >= 4 is 34.8 Å². The van der Waals surface area contributed by atoms with Crippen molar-refractivity contribution in [1.82, 2.24) is 34.7 Å². The lowest BCUT2D eigenvalue weighted by atomic mass is 9.86. The predicted molar refractivity (Wildman–Crippen MR) is 187 cm³/mol. The quantitative estimate of drug-likeness (QED) is 0.241. The van der Waals surface area contributed by atoms with Crippen molar-refractivity contribution in [2.75, 3.05) is 33.2 Å². The lowest BCUT2D eigenvalue weighted by Crippen LogP contribution is -2.48. The van der Waals surface area contributed by atoms with Gasteiger partial charge in [0.15, 0.2) is 5.65 Å². The van der Waals surface area contributed by atoms with Crippen molar-refractivity contribution < 1.29 is 23.1 Å². The van der Waals surface area contributed by atoms with E-state index < -0.39 is 18.6 Å². The molecule has 4 aromatic rings. The van der Waals surface area contributed by atoms with E-state index in [1.165, 1.54) is 40.0 Å². The van der Waals surface area contributed by atoms with Crippen molar-refractivity contribution in [1.29, 1.82) is 0 Å². The average molecular weight is 707 g/mol. The Hall–Kier alpha value is -4.62. The normalized spacial score (nSPS) is 17.1. The molecule has 2 aromatic heterocycles. The number of hydrogen-bond acceptors (Lipinski definition) is 8. The molecule has 14 heteroatoms. The predicted octanol–water partition coefficient (Wildman–Crippen LogP) is 5.22. The molecule has 1 atom stereocenters. The molecule has 1 unspecified atom stereocenters. The van der Waals surface area contributed by atoms with E-state index in [0.29, 0.717) is 24.8 Å². The number of aromatic nitrogens is 3. The van der Waals surface area contributed by atoms with E-state index in [2.05, 4.69) is 77.5 Å². The molecule has 264 valence electrons. The SMILES string of the molecule is CN(Cc1ccc(C(C)(C)C)cc1)C1CCN(C(=O)CN2CC(NC(=O)c3cnn4cccnc34)C(c3cc(Cl)ccc3OC(F)F)=N2)CC1. The Morgan fingerprint density at radius 3 is 2.56 bits per heavy atom. The molecular weight excluding hydrogens is 666 g/mol. The molecular formula is C36H41ClF2N8O3. The minimum Gasteiger partial charge on any atom is -0.434 e. The first kappa shape index (κ1) is 35.2. The van der Waals surface area contributed by atoms with Crippen molar-refractivity contribution in [3.05, 3.63) is 94.4 Å². The van der Waals surface area contributed by atoms with Gasteiger partial charge in [-0.1, -0.05) is 56.6 Å². The second kappa shape index (κ2) is 14.7. The number of nitrogens with zero attached hydrogens (tertiary/aromatic N) is 7. The van der Waals surface area contributed by atoms with Gasteiger partial charge in [-0.25, -0.2) is 9.50 Å². The number of alkyl halides is 2. The molecule has 11 nitrogen and oxygen atoms in total. The Labute approximate surface area is 294 Å². The Morgan fingerprint density at radius 1 is 1.12 bits per heavy atom. The lowest BCUT2D eigenvalue weighted by molar-refractivity contribution is -0.133. The van der Waals surface area contributed by atoms with Gasteiger partial charge < -0.3 is 15.0 Å². The van der Waals surface area contributed by atoms with E-state index in [-0.39, 0.29) is 52.0 Å². The van der Waals surface area contributed by atoms with Crippen LogP contribution in [-0.4, -0.2) is 98.9 Å². The van der Waals surface area contributed by atoms with Crippen molar-refractivity contribution in [2.45, 2.75) is 64.3 Å². The van der Waals surface area contributed by atoms with E-state index in [1.54, 1.807) is 23.5 Å². The summed E-state index contributed by atoms with van der Waals surface area (Å²) in [5, 5.41) is 13.6. The van der Waals surface area contributed by atoms with Crippen LogP contribution in [0.15, 0.2) is 72.2 Å². The third-order valence-electron chi connectivity index (χ3n) is 9.25. The second-order valence-corrected chi connectivity index (χ2v) is 14.2. The fourth-order valence-electron chi connectivity index (χ4n) is 6.48. The summed E-state index contributed by atoms with van der Waals surface area (Å²) < 4.78 is 33.0. The molecule has 6 rings (SSSR count). The van der Waals surface area contributed by atoms with Crippen LogP contribution in [0.4, 0.5) is 8.78 Å². The first-order chi connectivity index (χ1) is 23.9. The molecule has 2 aromatic carbocycles. The fraction of sp³-hybridized carbons (Fsp3) is 0.417. The van der Waals surface area contributed by atoms with Gasteiger partial charge in [-0.15, -0.1) is 0 Å². The topological polar surface area (TPSA) is 108 Å². The van der Waals surface area contributed by atoms with Crippen LogP contribution in [0.1, 0.15) is 60.7 Å². The molecule has 0 saturated carbocycles. The van der Waals surface area contributed by atoms with Gasteiger partial charge in [-0.2, -0.15) is 19.0 Å². The summed E-state index contributed by atoms with van der Waals surface area (Å²) in [5.74, 6) is -0.746. The minimum absolute atomic E-state index is 0.0552. The van der Waals surface area contributed by atoms with Crippen LogP contribution >= 0.6 is 11.6 Å². The molecule has 1 saturated heterocycles. The first-order valence-electron chi connectivity index (χ1n) is 16.6. The van der Waals surface area contributed by atoms with Gasteiger partial charge >= 0.3 is 6.61 Å². The van der Waals surface area contributed by atoms with E-state index in [4.69, 9.17) is 16.3 Å². The molecule has 50 heavy (non-hydrogen) atoms. The monoisotopic (exact) mass is 706 g/mol. The Kier molecular flexibility index (Phi) is 10.4. The average Bonchev–Trinajstić information content (AvgIpc) is 3.69. The number of benzene rings is 2. The second-order valence-electron chi connectivity index (χ2n) is 13.8. The number of carbonyl (C=O) groups excluding carboxylic acids is 2. The number of rotatable bonds is 10. The third-order valence-corrected chi connectivity index (χ3v) is 9.48. The van der Waals surface area contributed by atoms with E-state index >= 15 is 0 Å². The van der Waals surface area contributed by atoms with E-state index in [9.17, 15) is 18.4 Å². The summed E-state index contributed by atoms with van der Waals surface area (Å²) in [5.41, 5.74) is 3.67. The summed E-state index contributed by atoms with van der Waals surface area (Å²) in [4.78, 5) is 35.5. The number of hydrogen-bond donors (Lipinski definition) is 1. The zero-order valence-corrected chi connectivity index (χ0v) is 29.3. The molecule has 2 aliphatic heterocycles. The number of amides is 2. The van der Waals surface area contributed by atoms with Crippen LogP contribution in [0.5, 0.6) is 5.75 Å². The smallest absolute Gasteiger partial charge is 0.387 e. The van der Waals surface area contributed by atoms with E-state index in [1.807, 2.05) is 4.90 Å². The summed E-state index contributed by atoms with van der Waals surface area (Å²) in [7, 11) is 2.12. The molecule has 0 radical (unpaired) electrons. The molecule has 0 spiro atoms. The highest BCUT2D eigenvalue weighted by Gasteiger charge is 2.35. The molecule has 0 bridgehead atoms. The Bertz CT molecular complexity index is 1870. The van der Waals surface area contributed by atoms with Crippen LogP contribution in [0.3, 0.4) is 0 Å². The molecule has 4 heterocycles. The number of nitrogens with one attached hydrogen (secondary N) is 1. The number of fused-ring (bicyclic) bond motifs is 1. The fourth-order valence-corrected chi connectivity index (χ4v) is 6.65. The number of ether oxygens (including phenoxy) is 1. The van der Waals surface area contributed by atoms with Gasteiger partial charge in [0.25, 0.3) is 5.91 Å². The molecule has 1 N–H and O–H groups in total. The molecule has 0 aliphatic carbocycles. The van der Waals surface area contributed by atoms with Crippen molar-refractivity contribution in [2.24, 2.45) is 5.10 Å².